The number of nitrogens with two attached hydrogens (primary N) is 1. The molecule has 17 heavy (non-hydrogen) atoms. The van der Waals surface area contributed by atoms with Crippen molar-refractivity contribution in [2.45, 2.75) is 39.5 Å². The Morgan fingerprint density at radius 2 is 2.00 bits per heavy atom. The van der Waals surface area contributed by atoms with E-state index in [-0.39, 0.29) is 11.8 Å². The quantitative estimate of drug-likeness (QED) is 0.776. The molecule has 1 amide bonds. The lowest BCUT2D eigenvalue weighted by Crippen LogP contribution is -2.38. The normalized spacial score (nSPS) is 25.1. The average molecular weight is 237 g/mol. The molecule has 0 unspecified atom stereocenters. The van der Waals surface area contributed by atoms with Gasteiger partial charge in [-0.25, -0.2) is 0 Å². The molecule has 1 rings (SSSR count). The lowest BCUT2D eigenvalue weighted by molar-refractivity contribution is -0.126. The van der Waals surface area contributed by atoms with Crippen molar-refractivity contribution in [2.24, 2.45) is 23.0 Å². The molecule has 0 saturated heterocycles. The molecule has 96 valence electrons. The standard InChI is InChI=1S/C13H23N3O/c1-13(2,8-15)9-16-12(17)11-5-3-10(7-14)4-6-11/h10-11H,3-7,9,14H2,1-2H3,(H,16,17). The van der Waals surface area contributed by atoms with Crippen LogP contribution >= 0.6 is 0 Å². The fraction of sp³-hybridized carbons (Fsp3) is 0.846. The zero-order chi connectivity index (χ0) is 12.9. The van der Waals surface area contributed by atoms with Crippen LogP contribution in [0.2, 0.25) is 0 Å². The number of hydrogen-bond acceptors (Lipinski definition) is 3. The van der Waals surface area contributed by atoms with E-state index in [1.165, 1.54) is 0 Å². The van der Waals surface area contributed by atoms with Crippen LogP contribution in [-0.2, 0) is 4.79 Å². The predicted octanol–water partition coefficient (Wildman–Crippen LogP) is 1.42. The zero-order valence-electron chi connectivity index (χ0n) is 10.8. The van der Waals surface area contributed by atoms with Crippen molar-refractivity contribution in [2.75, 3.05) is 13.1 Å². The Kier molecular flexibility index (Phi) is 4.95. The van der Waals surface area contributed by atoms with Crippen molar-refractivity contribution in [3.05, 3.63) is 0 Å². The van der Waals surface area contributed by atoms with E-state index in [1.807, 2.05) is 13.8 Å². The molecule has 1 aliphatic rings. The molecule has 3 N–H and O–H groups in total. The number of nitriles is 1. The molecule has 0 spiro atoms. The fourth-order valence-corrected chi connectivity index (χ4v) is 2.15. The van der Waals surface area contributed by atoms with Crippen molar-refractivity contribution in [1.82, 2.24) is 5.32 Å². The van der Waals surface area contributed by atoms with Gasteiger partial charge in [0.25, 0.3) is 0 Å². The maximum absolute atomic E-state index is 11.9. The molecule has 0 atom stereocenters. The summed E-state index contributed by atoms with van der Waals surface area (Å²) in [6.45, 7) is 4.83. The third-order valence-corrected chi connectivity index (χ3v) is 3.56. The zero-order valence-corrected chi connectivity index (χ0v) is 10.8. The van der Waals surface area contributed by atoms with Crippen LogP contribution in [-0.4, -0.2) is 19.0 Å². The second-order valence-corrected chi connectivity index (χ2v) is 5.67. The van der Waals surface area contributed by atoms with E-state index in [0.29, 0.717) is 12.5 Å². The topological polar surface area (TPSA) is 78.9 Å². The second-order valence-electron chi connectivity index (χ2n) is 5.67. The lowest BCUT2D eigenvalue weighted by Gasteiger charge is -2.27. The highest BCUT2D eigenvalue weighted by Crippen LogP contribution is 2.28. The summed E-state index contributed by atoms with van der Waals surface area (Å²) < 4.78 is 0. The van der Waals surface area contributed by atoms with Gasteiger partial charge in [0.1, 0.15) is 0 Å². The van der Waals surface area contributed by atoms with Crippen LogP contribution in [0.15, 0.2) is 0 Å². The van der Waals surface area contributed by atoms with E-state index in [1.54, 1.807) is 0 Å². The summed E-state index contributed by atoms with van der Waals surface area (Å²) in [5.74, 6) is 0.811. The SMILES string of the molecule is CC(C)(C#N)CNC(=O)C1CCC(CN)CC1. The molecule has 0 radical (unpaired) electrons. The highest BCUT2D eigenvalue weighted by molar-refractivity contribution is 5.78. The molecule has 0 aromatic heterocycles. The molecular formula is C13H23N3O. The third kappa shape index (κ3) is 4.35. The average Bonchev–Trinajstić information content (AvgIpc) is 2.36. The van der Waals surface area contributed by atoms with E-state index < -0.39 is 5.41 Å². The van der Waals surface area contributed by atoms with Gasteiger partial charge in [-0.1, -0.05) is 0 Å². The molecule has 1 aliphatic carbocycles. The van der Waals surface area contributed by atoms with Gasteiger partial charge in [0.2, 0.25) is 5.91 Å². The highest BCUT2D eigenvalue weighted by atomic mass is 16.1. The van der Waals surface area contributed by atoms with Crippen LogP contribution in [0.4, 0.5) is 0 Å². The summed E-state index contributed by atoms with van der Waals surface area (Å²) in [5, 5.41) is 11.8. The van der Waals surface area contributed by atoms with Crippen LogP contribution in [0, 0.1) is 28.6 Å². The second kappa shape index (κ2) is 6.02. The number of hydrogen-bond donors (Lipinski definition) is 2. The Morgan fingerprint density at radius 3 is 2.47 bits per heavy atom. The number of carbonyl (C=O) groups is 1. The van der Waals surface area contributed by atoms with Crippen LogP contribution in [0.1, 0.15) is 39.5 Å². The summed E-state index contributed by atoms with van der Waals surface area (Å²) in [6.07, 6.45) is 3.97. The highest BCUT2D eigenvalue weighted by Gasteiger charge is 2.26. The van der Waals surface area contributed by atoms with Crippen LogP contribution in [0.3, 0.4) is 0 Å². The van der Waals surface area contributed by atoms with Crippen molar-refractivity contribution < 1.29 is 4.79 Å². The predicted molar refractivity (Wildman–Crippen MR) is 66.9 cm³/mol. The molecule has 0 aromatic carbocycles. The number of nitrogens with one attached hydrogen (secondary N) is 1. The van der Waals surface area contributed by atoms with E-state index in [0.717, 1.165) is 32.2 Å². The van der Waals surface area contributed by atoms with Gasteiger partial charge >= 0.3 is 0 Å². The molecule has 0 bridgehead atoms. The minimum absolute atomic E-state index is 0.101. The Morgan fingerprint density at radius 1 is 1.41 bits per heavy atom. The van der Waals surface area contributed by atoms with Crippen molar-refractivity contribution in [1.29, 1.82) is 5.26 Å². The lowest BCUT2D eigenvalue weighted by atomic mass is 9.81. The van der Waals surface area contributed by atoms with Crippen molar-refractivity contribution in [3.8, 4) is 6.07 Å². The molecule has 0 aromatic rings. The van der Waals surface area contributed by atoms with E-state index in [9.17, 15) is 4.79 Å². The maximum Gasteiger partial charge on any atom is 0.223 e. The Bertz CT molecular complexity index is 298. The Balaban J connectivity index is 2.33. The van der Waals surface area contributed by atoms with E-state index >= 15 is 0 Å². The van der Waals surface area contributed by atoms with Gasteiger partial charge in [-0.2, -0.15) is 5.26 Å². The minimum Gasteiger partial charge on any atom is -0.354 e. The first-order chi connectivity index (χ1) is 7.98. The molecule has 4 nitrogen and oxygen atoms in total. The van der Waals surface area contributed by atoms with Gasteiger partial charge in [-0.15, -0.1) is 0 Å². The smallest absolute Gasteiger partial charge is 0.223 e. The summed E-state index contributed by atoms with van der Waals surface area (Å²) in [6, 6.07) is 2.18. The first kappa shape index (κ1) is 14.0. The van der Waals surface area contributed by atoms with Gasteiger partial charge in [0.15, 0.2) is 0 Å². The molecule has 1 fully saturated rings. The molecular weight excluding hydrogens is 214 g/mol. The van der Waals surface area contributed by atoms with Gasteiger partial charge in [-0.05, 0) is 52.0 Å². The van der Waals surface area contributed by atoms with E-state index in [2.05, 4.69) is 11.4 Å². The van der Waals surface area contributed by atoms with Gasteiger partial charge in [0.05, 0.1) is 11.5 Å². The van der Waals surface area contributed by atoms with Crippen molar-refractivity contribution in [3.63, 3.8) is 0 Å². The summed E-state index contributed by atoms with van der Waals surface area (Å²) in [7, 11) is 0. The largest absolute Gasteiger partial charge is 0.354 e. The first-order valence-corrected chi connectivity index (χ1v) is 6.37. The third-order valence-electron chi connectivity index (χ3n) is 3.56. The monoisotopic (exact) mass is 237 g/mol. The van der Waals surface area contributed by atoms with Crippen LogP contribution < -0.4 is 11.1 Å². The van der Waals surface area contributed by atoms with Crippen LogP contribution in [0.5, 0.6) is 0 Å². The number of carbonyl (C=O) groups excluding carboxylic acids is 1. The summed E-state index contributed by atoms with van der Waals surface area (Å²) in [4.78, 5) is 11.9. The fourth-order valence-electron chi connectivity index (χ4n) is 2.15. The van der Waals surface area contributed by atoms with Crippen LogP contribution in [0.25, 0.3) is 0 Å². The molecule has 4 heteroatoms. The summed E-state index contributed by atoms with van der Waals surface area (Å²) in [5.41, 5.74) is 5.14. The molecule has 0 aliphatic heterocycles. The molecule has 0 heterocycles. The first-order valence-electron chi connectivity index (χ1n) is 6.37. The maximum atomic E-state index is 11.9. The molecule has 1 saturated carbocycles. The van der Waals surface area contributed by atoms with Gasteiger partial charge < -0.3 is 11.1 Å². The van der Waals surface area contributed by atoms with Gasteiger partial charge in [0, 0.05) is 12.5 Å². The number of amides is 1. The Labute approximate surface area is 104 Å². The van der Waals surface area contributed by atoms with E-state index in [4.69, 9.17) is 11.0 Å². The van der Waals surface area contributed by atoms with Gasteiger partial charge in [-0.3, -0.25) is 4.79 Å². The summed E-state index contributed by atoms with van der Waals surface area (Å²) >= 11 is 0. The number of rotatable bonds is 4. The number of nitrogens with zero attached hydrogens (tertiary/aromatic N) is 1. The van der Waals surface area contributed by atoms with Crippen molar-refractivity contribution >= 4 is 5.91 Å². The Hall–Kier alpha value is -1.08. The minimum atomic E-state index is -0.482.